The summed E-state index contributed by atoms with van der Waals surface area (Å²) >= 11 is 1.00. The minimum absolute atomic E-state index is 0.213. The van der Waals surface area contributed by atoms with Crippen molar-refractivity contribution < 1.29 is 8.42 Å². The van der Waals surface area contributed by atoms with Gasteiger partial charge in [0, 0.05) is 6.54 Å². The van der Waals surface area contributed by atoms with Gasteiger partial charge in [-0.3, -0.25) is 0 Å². The van der Waals surface area contributed by atoms with Gasteiger partial charge in [-0.25, -0.2) is 13.1 Å². The highest BCUT2D eigenvalue weighted by Gasteiger charge is 2.19. The Morgan fingerprint density at radius 1 is 1.44 bits per heavy atom. The SMILES string of the molecule is N#Cc1ccc(S(=O)(=O)NCC2CC=CCC2)s1. The Balaban J connectivity index is 1.99. The summed E-state index contributed by atoms with van der Waals surface area (Å²) in [4.78, 5) is 0.413. The lowest BCUT2D eigenvalue weighted by atomic mass is 9.95. The molecule has 1 N–H and O–H groups in total. The van der Waals surface area contributed by atoms with Gasteiger partial charge in [0.1, 0.15) is 15.2 Å². The number of nitrogens with one attached hydrogen (secondary N) is 1. The van der Waals surface area contributed by atoms with E-state index < -0.39 is 10.0 Å². The summed E-state index contributed by atoms with van der Waals surface area (Å²) in [7, 11) is -3.46. The smallest absolute Gasteiger partial charge is 0.210 e. The van der Waals surface area contributed by atoms with Gasteiger partial charge in [0.05, 0.1) is 0 Å². The van der Waals surface area contributed by atoms with Gasteiger partial charge in [-0.15, -0.1) is 11.3 Å². The topological polar surface area (TPSA) is 70.0 Å². The summed E-state index contributed by atoms with van der Waals surface area (Å²) in [6, 6.07) is 4.95. The summed E-state index contributed by atoms with van der Waals surface area (Å²) in [5.41, 5.74) is 0. The Labute approximate surface area is 111 Å². The fourth-order valence-electron chi connectivity index (χ4n) is 1.87. The molecule has 0 saturated heterocycles. The maximum absolute atomic E-state index is 12.0. The van der Waals surface area contributed by atoms with Crippen LogP contribution in [0.5, 0.6) is 0 Å². The van der Waals surface area contributed by atoms with Crippen LogP contribution in [0.25, 0.3) is 0 Å². The molecular weight excluding hydrogens is 268 g/mol. The second-order valence-electron chi connectivity index (χ2n) is 4.23. The minimum Gasteiger partial charge on any atom is -0.210 e. The van der Waals surface area contributed by atoms with E-state index in [1.54, 1.807) is 0 Å². The van der Waals surface area contributed by atoms with E-state index in [9.17, 15) is 8.42 Å². The van der Waals surface area contributed by atoms with Crippen LogP contribution in [-0.4, -0.2) is 15.0 Å². The Bertz CT molecular complexity index is 581. The van der Waals surface area contributed by atoms with Crippen LogP contribution in [0.1, 0.15) is 24.1 Å². The first-order chi connectivity index (χ1) is 8.62. The molecule has 6 heteroatoms. The molecule has 0 saturated carbocycles. The summed E-state index contributed by atoms with van der Waals surface area (Å²) in [5.74, 6) is 0.375. The number of allylic oxidation sites excluding steroid dienone is 2. The third-order valence-corrected chi connectivity index (χ3v) is 5.80. The number of hydrogen-bond acceptors (Lipinski definition) is 4. The second-order valence-corrected chi connectivity index (χ2v) is 7.31. The van der Waals surface area contributed by atoms with Crippen molar-refractivity contribution in [3.05, 3.63) is 29.2 Å². The van der Waals surface area contributed by atoms with Crippen molar-refractivity contribution in [2.75, 3.05) is 6.54 Å². The van der Waals surface area contributed by atoms with Gasteiger partial charge in [0.15, 0.2) is 0 Å². The molecule has 96 valence electrons. The van der Waals surface area contributed by atoms with Crippen molar-refractivity contribution >= 4 is 21.4 Å². The van der Waals surface area contributed by atoms with Crippen LogP contribution >= 0.6 is 11.3 Å². The highest BCUT2D eigenvalue weighted by atomic mass is 32.2. The zero-order chi connectivity index (χ0) is 13.0. The number of thiophene rings is 1. The molecular formula is C12H14N2O2S2. The first-order valence-corrected chi connectivity index (χ1v) is 8.06. The molecule has 1 aliphatic carbocycles. The molecule has 4 nitrogen and oxygen atoms in total. The molecule has 0 fully saturated rings. The van der Waals surface area contributed by atoms with E-state index in [1.807, 2.05) is 6.07 Å². The lowest BCUT2D eigenvalue weighted by molar-refractivity contribution is 0.468. The van der Waals surface area contributed by atoms with Crippen LogP contribution < -0.4 is 4.72 Å². The average molecular weight is 282 g/mol. The molecule has 0 radical (unpaired) electrons. The molecule has 1 atom stereocenters. The first kappa shape index (κ1) is 13.3. The standard InChI is InChI=1S/C12H14N2O2S2/c13-8-11-6-7-12(17-11)18(15,16)14-9-10-4-2-1-3-5-10/h1-2,6-7,10,14H,3-5,9H2. The van der Waals surface area contributed by atoms with Crippen LogP contribution in [0, 0.1) is 17.2 Å². The second kappa shape index (κ2) is 5.65. The Morgan fingerprint density at radius 2 is 2.28 bits per heavy atom. The van der Waals surface area contributed by atoms with Crippen LogP contribution in [0.15, 0.2) is 28.5 Å². The number of rotatable bonds is 4. The van der Waals surface area contributed by atoms with Gasteiger partial charge in [-0.2, -0.15) is 5.26 Å². The van der Waals surface area contributed by atoms with E-state index in [-0.39, 0.29) is 4.21 Å². The fourth-order valence-corrected chi connectivity index (χ4v) is 4.13. The largest absolute Gasteiger partial charge is 0.250 e. The number of sulfonamides is 1. The molecule has 1 aliphatic rings. The van der Waals surface area contributed by atoms with E-state index in [1.165, 1.54) is 12.1 Å². The van der Waals surface area contributed by atoms with Gasteiger partial charge in [-0.1, -0.05) is 12.2 Å². The molecule has 0 spiro atoms. The molecule has 18 heavy (non-hydrogen) atoms. The lowest BCUT2D eigenvalue weighted by Gasteiger charge is -2.17. The molecule has 0 aliphatic heterocycles. The molecule has 2 rings (SSSR count). The van der Waals surface area contributed by atoms with Gasteiger partial charge in [-0.05, 0) is 37.3 Å². The highest BCUT2D eigenvalue weighted by Crippen LogP contribution is 2.22. The van der Waals surface area contributed by atoms with Crippen LogP contribution in [0.4, 0.5) is 0 Å². The van der Waals surface area contributed by atoms with Crippen molar-refractivity contribution in [2.45, 2.75) is 23.5 Å². The Hall–Kier alpha value is -1.16. The molecule has 1 aromatic heterocycles. The third-order valence-electron chi connectivity index (χ3n) is 2.90. The van der Waals surface area contributed by atoms with E-state index in [0.717, 1.165) is 30.6 Å². The van der Waals surface area contributed by atoms with Crippen LogP contribution in [-0.2, 0) is 10.0 Å². The van der Waals surface area contributed by atoms with Crippen molar-refractivity contribution in [2.24, 2.45) is 5.92 Å². The maximum atomic E-state index is 12.0. The van der Waals surface area contributed by atoms with Gasteiger partial charge in [0.25, 0.3) is 0 Å². The lowest BCUT2D eigenvalue weighted by Crippen LogP contribution is -2.29. The van der Waals surface area contributed by atoms with Gasteiger partial charge in [0.2, 0.25) is 10.0 Å². The number of hydrogen-bond donors (Lipinski definition) is 1. The summed E-state index contributed by atoms with van der Waals surface area (Å²) in [5, 5.41) is 8.69. The van der Waals surface area contributed by atoms with Crippen molar-refractivity contribution in [3.8, 4) is 6.07 Å². The quantitative estimate of drug-likeness (QED) is 0.861. The third kappa shape index (κ3) is 3.19. The van der Waals surface area contributed by atoms with Gasteiger partial charge >= 0.3 is 0 Å². The van der Waals surface area contributed by atoms with Crippen molar-refractivity contribution in [3.63, 3.8) is 0 Å². The zero-order valence-corrected chi connectivity index (χ0v) is 11.4. The predicted octanol–water partition coefficient (Wildman–Crippen LogP) is 2.25. The highest BCUT2D eigenvalue weighted by molar-refractivity contribution is 7.91. The summed E-state index contributed by atoms with van der Waals surface area (Å²) in [6.07, 6.45) is 7.19. The predicted molar refractivity (Wildman–Crippen MR) is 70.7 cm³/mol. The van der Waals surface area contributed by atoms with Crippen LogP contribution in [0.2, 0.25) is 0 Å². The molecule has 1 heterocycles. The van der Waals surface area contributed by atoms with Crippen molar-refractivity contribution in [1.29, 1.82) is 5.26 Å². The van der Waals surface area contributed by atoms with Crippen LogP contribution in [0.3, 0.4) is 0 Å². The Morgan fingerprint density at radius 3 is 2.89 bits per heavy atom. The summed E-state index contributed by atoms with van der Waals surface area (Å²) in [6.45, 7) is 0.465. The van der Waals surface area contributed by atoms with E-state index in [4.69, 9.17) is 5.26 Å². The molecule has 0 amide bonds. The Kier molecular flexibility index (Phi) is 4.17. The number of nitriles is 1. The zero-order valence-electron chi connectivity index (χ0n) is 9.80. The monoisotopic (exact) mass is 282 g/mol. The first-order valence-electron chi connectivity index (χ1n) is 5.76. The average Bonchev–Trinajstić information content (AvgIpc) is 2.87. The number of nitrogens with zero attached hydrogens (tertiary/aromatic N) is 1. The summed E-state index contributed by atoms with van der Waals surface area (Å²) < 4.78 is 26.8. The minimum atomic E-state index is -3.46. The van der Waals surface area contributed by atoms with E-state index in [0.29, 0.717) is 17.3 Å². The fraction of sp³-hybridized carbons (Fsp3) is 0.417. The van der Waals surface area contributed by atoms with Crippen molar-refractivity contribution in [1.82, 2.24) is 4.72 Å². The molecule has 0 aromatic carbocycles. The molecule has 0 bridgehead atoms. The van der Waals surface area contributed by atoms with E-state index >= 15 is 0 Å². The maximum Gasteiger partial charge on any atom is 0.250 e. The normalized spacial score (nSPS) is 19.6. The van der Waals surface area contributed by atoms with E-state index in [2.05, 4.69) is 16.9 Å². The molecule has 1 aromatic rings. The van der Waals surface area contributed by atoms with Gasteiger partial charge < -0.3 is 0 Å². The molecule has 1 unspecified atom stereocenters.